The van der Waals surface area contributed by atoms with E-state index in [0.29, 0.717) is 24.4 Å². The Bertz CT molecular complexity index is 1610. The van der Waals surface area contributed by atoms with Gasteiger partial charge < -0.3 is 5.32 Å². The molecule has 0 unspecified atom stereocenters. The van der Waals surface area contributed by atoms with Gasteiger partial charge in [-0.2, -0.15) is 4.31 Å². The van der Waals surface area contributed by atoms with Crippen LogP contribution in [0, 0.1) is 0 Å². The lowest BCUT2D eigenvalue weighted by atomic mass is 10.0. The SMILES string of the molecule is O=S(=O)(c1csc2ccccc12)N1CCc2c(ccnc2Nc2cnc3ccccc3c2)C1. The van der Waals surface area contributed by atoms with E-state index in [1.165, 1.54) is 11.3 Å². The Labute approximate surface area is 195 Å². The molecule has 0 saturated carbocycles. The van der Waals surface area contributed by atoms with Gasteiger partial charge in [-0.3, -0.25) is 4.98 Å². The summed E-state index contributed by atoms with van der Waals surface area (Å²) in [7, 11) is -3.59. The average molecular weight is 473 g/mol. The molecule has 33 heavy (non-hydrogen) atoms. The van der Waals surface area contributed by atoms with Gasteiger partial charge in [-0.05, 0) is 36.2 Å². The lowest BCUT2D eigenvalue weighted by molar-refractivity contribution is 0.392. The summed E-state index contributed by atoms with van der Waals surface area (Å²) in [5.74, 6) is 0.752. The number of anilines is 2. The molecule has 0 spiro atoms. The van der Waals surface area contributed by atoms with Gasteiger partial charge in [0.25, 0.3) is 0 Å². The monoisotopic (exact) mass is 472 g/mol. The van der Waals surface area contributed by atoms with Crippen molar-refractivity contribution in [3.8, 4) is 0 Å². The second-order valence-electron chi connectivity index (χ2n) is 8.02. The van der Waals surface area contributed by atoms with E-state index in [4.69, 9.17) is 0 Å². The van der Waals surface area contributed by atoms with Crippen LogP contribution in [0.4, 0.5) is 11.5 Å². The lowest BCUT2D eigenvalue weighted by Crippen LogP contribution is -2.36. The van der Waals surface area contributed by atoms with Crippen molar-refractivity contribution in [3.63, 3.8) is 0 Å². The number of nitrogens with zero attached hydrogens (tertiary/aromatic N) is 3. The Balaban J connectivity index is 1.30. The highest BCUT2D eigenvalue weighted by molar-refractivity contribution is 7.89. The van der Waals surface area contributed by atoms with Gasteiger partial charge >= 0.3 is 0 Å². The number of thiophene rings is 1. The number of hydrogen-bond acceptors (Lipinski definition) is 6. The number of nitrogens with one attached hydrogen (secondary N) is 1. The fourth-order valence-corrected chi connectivity index (χ4v) is 7.24. The predicted molar refractivity (Wildman–Crippen MR) is 132 cm³/mol. The van der Waals surface area contributed by atoms with Gasteiger partial charge in [-0.1, -0.05) is 36.4 Å². The quantitative estimate of drug-likeness (QED) is 0.382. The van der Waals surface area contributed by atoms with Crippen molar-refractivity contribution in [1.29, 1.82) is 0 Å². The van der Waals surface area contributed by atoms with Crippen LogP contribution in [0.1, 0.15) is 11.1 Å². The fraction of sp³-hybridized carbons (Fsp3) is 0.120. The summed E-state index contributed by atoms with van der Waals surface area (Å²) in [6.45, 7) is 0.741. The molecule has 6 nitrogen and oxygen atoms in total. The fourth-order valence-electron chi connectivity index (χ4n) is 4.35. The van der Waals surface area contributed by atoms with Gasteiger partial charge in [0, 0.05) is 45.7 Å². The molecule has 0 atom stereocenters. The summed E-state index contributed by atoms with van der Waals surface area (Å²) in [5, 5.41) is 6.98. The zero-order chi connectivity index (χ0) is 22.4. The van der Waals surface area contributed by atoms with Crippen LogP contribution in [0.2, 0.25) is 0 Å². The Morgan fingerprint density at radius 3 is 2.79 bits per heavy atom. The van der Waals surface area contributed by atoms with Crippen LogP contribution >= 0.6 is 11.3 Å². The molecule has 0 saturated heterocycles. The van der Waals surface area contributed by atoms with Crippen molar-refractivity contribution in [2.75, 3.05) is 11.9 Å². The van der Waals surface area contributed by atoms with Crippen LogP contribution in [0.15, 0.2) is 83.3 Å². The number of sulfonamides is 1. The molecule has 1 N–H and O–H groups in total. The molecule has 4 heterocycles. The summed E-state index contributed by atoms with van der Waals surface area (Å²) in [6, 6.07) is 19.6. The Morgan fingerprint density at radius 1 is 1.00 bits per heavy atom. The van der Waals surface area contributed by atoms with Crippen LogP contribution in [0.3, 0.4) is 0 Å². The third-order valence-corrected chi connectivity index (χ3v) is 9.02. The lowest BCUT2D eigenvalue weighted by Gasteiger charge is -2.29. The van der Waals surface area contributed by atoms with Crippen molar-refractivity contribution in [2.24, 2.45) is 0 Å². The molecule has 6 rings (SSSR count). The maximum atomic E-state index is 13.5. The first-order chi connectivity index (χ1) is 16.1. The minimum Gasteiger partial charge on any atom is -0.339 e. The zero-order valence-electron chi connectivity index (χ0n) is 17.6. The Morgan fingerprint density at radius 2 is 1.85 bits per heavy atom. The van der Waals surface area contributed by atoms with E-state index in [-0.39, 0.29) is 0 Å². The van der Waals surface area contributed by atoms with E-state index in [9.17, 15) is 8.42 Å². The summed E-state index contributed by atoms with van der Waals surface area (Å²) in [5.41, 5.74) is 3.81. The van der Waals surface area contributed by atoms with Gasteiger partial charge in [0.15, 0.2) is 0 Å². The van der Waals surface area contributed by atoms with Crippen LogP contribution < -0.4 is 5.32 Å². The van der Waals surface area contributed by atoms with Crippen LogP contribution in [-0.4, -0.2) is 29.2 Å². The second kappa shape index (κ2) is 7.91. The van der Waals surface area contributed by atoms with E-state index in [1.807, 2.05) is 60.7 Å². The molecule has 0 amide bonds. The molecule has 1 aliphatic rings. The molecule has 8 heteroatoms. The van der Waals surface area contributed by atoms with Crippen molar-refractivity contribution in [2.45, 2.75) is 17.9 Å². The largest absolute Gasteiger partial charge is 0.339 e. The van der Waals surface area contributed by atoms with Crippen LogP contribution in [0.5, 0.6) is 0 Å². The molecule has 3 aromatic heterocycles. The van der Waals surface area contributed by atoms with E-state index in [1.54, 1.807) is 22.1 Å². The van der Waals surface area contributed by atoms with Gasteiger partial charge in [0.1, 0.15) is 10.7 Å². The molecule has 0 fully saturated rings. The normalized spacial score (nSPS) is 14.4. The first-order valence-corrected chi connectivity index (χ1v) is 13.0. The third kappa shape index (κ3) is 3.56. The van der Waals surface area contributed by atoms with E-state index in [0.717, 1.165) is 43.6 Å². The first kappa shape index (κ1) is 20.3. The van der Waals surface area contributed by atoms with Crippen molar-refractivity contribution in [1.82, 2.24) is 14.3 Å². The van der Waals surface area contributed by atoms with E-state index in [2.05, 4.69) is 15.3 Å². The van der Waals surface area contributed by atoms with Gasteiger partial charge in [-0.25, -0.2) is 13.4 Å². The molecule has 5 aromatic rings. The highest BCUT2D eigenvalue weighted by Gasteiger charge is 2.31. The Hall–Kier alpha value is -3.33. The van der Waals surface area contributed by atoms with Gasteiger partial charge in [0.2, 0.25) is 10.0 Å². The van der Waals surface area contributed by atoms with Gasteiger partial charge in [-0.15, -0.1) is 11.3 Å². The highest BCUT2D eigenvalue weighted by atomic mass is 32.2. The molecular formula is C25H20N4O2S2. The smallest absolute Gasteiger partial charge is 0.244 e. The topological polar surface area (TPSA) is 75.2 Å². The molecular weight excluding hydrogens is 452 g/mol. The highest BCUT2D eigenvalue weighted by Crippen LogP contribution is 2.34. The van der Waals surface area contributed by atoms with Crippen molar-refractivity contribution in [3.05, 3.63) is 89.6 Å². The predicted octanol–water partition coefficient (Wildman–Crippen LogP) is 5.34. The first-order valence-electron chi connectivity index (χ1n) is 10.6. The van der Waals surface area contributed by atoms with Crippen molar-refractivity contribution < 1.29 is 8.42 Å². The molecule has 0 aliphatic carbocycles. The van der Waals surface area contributed by atoms with Gasteiger partial charge in [0.05, 0.1) is 17.4 Å². The van der Waals surface area contributed by atoms with Crippen LogP contribution in [-0.2, 0) is 23.0 Å². The summed E-state index contributed by atoms with van der Waals surface area (Å²) in [6.07, 6.45) is 4.12. The number of rotatable bonds is 4. The summed E-state index contributed by atoms with van der Waals surface area (Å²) >= 11 is 1.46. The number of benzene rings is 2. The molecule has 0 radical (unpaired) electrons. The van der Waals surface area contributed by atoms with E-state index >= 15 is 0 Å². The number of pyridine rings is 2. The molecule has 2 aromatic carbocycles. The van der Waals surface area contributed by atoms with Crippen molar-refractivity contribution >= 4 is 53.9 Å². The zero-order valence-corrected chi connectivity index (χ0v) is 19.2. The average Bonchev–Trinajstić information content (AvgIpc) is 3.29. The molecule has 1 aliphatic heterocycles. The molecule has 0 bridgehead atoms. The second-order valence-corrected chi connectivity index (χ2v) is 10.8. The Kier molecular flexibility index (Phi) is 4.86. The minimum atomic E-state index is -3.59. The summed E-state index contributed by atoms with van der Waals surface area (Å²) < 4.78 is 29.5. The maximum Gasteiger partial charge on any atom is 0.244 e. The van der Waals surface area contributed by atoms with E-state index < -0.39 is 10.0 Å². The number of para-hydroxylation sites is 1. The molecule has 164 valence electrons. The number of aromatic nitrogens is 2. The summed E-state index contributed by atoms with van der Waals surface area (Å²) in [4.78, 5) is 9.44. The standard InChI is InChI=1S/C25H20N4O2S2/c30-33(31,24-16-32-23-8-4-2-6-21(23)24)29-12-10-20-18(15-29)9-11-26-25(20)28-19-13-17-5-1-3-7-22(17)27-14-19/h1-9,11,13-14,16H,10,12,15H2,(H,26,28). The number of hydrogen-bond donors (Lipinski definition) is 1. The number of fused-ring (bicyclic) bond motifs is 3. The maximum absolute atomic E-state index is 13.5. The van der Waals surface area contributed by atoms with Crippen LogP contribution in [0.25, 0.3) is 21.0 Å². The minimum absolute atomic E-state index is 0.328. The third-order valence-electron chi connectivity index (χ3n) is 6.03.